The minimum Gasteiger partial charge on any atom is -0.388 e. The first-order chi connectivity index (χ1) is 7.03. The second-order valence-electron chi connectivity index (χ2n) is 4.53. The van der Waals surface area contributed by atoms with Gasteiger partial charge in [-0.25, -0.2) is 0 Å². The molecule has 2 N–H and O–H groups in total. The number of aliphatic hydroxyl groups excluding tert-OH is 2. The number of carbonyl (C=O) groups excluding carboxylic acids is 1. The molecule has 2 rings (SSSR count). The van der Waals surface area contributed by atoms with Gasteiger partial charge in [0.2, 0.25) is 5.91 Å². The first-order valence-corrected chi connectivity index (χ1v) is 6.31. The number of hydrogen-bond donors (Lipinski definition) is 2. The molecule has 15 heavy (non-hydrogen) atoms. The van der Waals surface area contributed by atoms with Gasteiger partial charge in [-0.05, 0) is 25.5 Å². The lowest BCUT2D eigenvalue weighted by Crippen LogP contribution is -2.43. The summed E-state index contributed by atoms with van der Waals surface area (Å²) in [7, 11) is 0. The van der Waals surface area contributed by atoms with Crippen molar-refractivity contribution < 1.29 is 15.0 Å². The third-order valence-electron chi connectivity index (χ3n) is 3.22. The summed E-state index contributed by atoms with van der Waals surface area (Å²) in [5.41, 5.74) is 0. The minimum absolute atomic E-state index is 0.0700. The van der Waals surface area contributed by atoms with Crippen molar-refractivity contribution in [1.82, 2.24) is 4.90 Å². The second-order valence-corrected chi connectivity index (χ2v) is 6.13. The third-order valence-corrected chi connectivity index (χ3v) is 4.73. The van der Waals surface area contributed by atoms with E-state index >= 15 is 0 Å². The van der Waals surface area contributed by atoms with Crippen LogP contribution in [-0.4, -0.2) is 56.8 Å². The fourth-order valence-electron chi connectivity index (χ4n) is 2.22. The maximum Gasteiger partial charge on any atom is 0.238 e. The molecule has 4 nitrogen and oxygen atoms in total. The molecule has 2 aliphatic heterocycles. The van der Waals surface area contributed by atoms with Gasteiger partial charge in [0.15, 0.2) is 0 Å². The van der Waals surface area contributed by atoms with Gasteiger partial charge in [0.25, 0.3) is 0 Å². The maximum absolute atomic E-state index is 12.1. The van der Waals surface area contributed by atoms with Gasteiger partial charge in [-0.3, -0.25) is 4.79 Å². The van der Waals surface area contributed by atoms with E-state index < -0.39 is 12.2 Å². The number of nitrogens with zero attached hydrogens (tertiary/aromatic N) is 1. The predicted molar refractivity (Wildman–Crippen MR) is 58.7 cm³/mol. The van der Waals surface area contributed by atoms with Crippen LogP contribution in [0.15, 0.2) is 0 Å². The number of likely N-dealkylation sites (tertiary alicyclic amines) is 1. The molecule has 1 unspecified atom stereocenters. The number of rotatable bonds is 1. The van der Waals surface area contributed by atoms with Crippen LogP contribution in [0, 0.1) is 0 Å². The van der Waals surface area contributed by atoms with E-state index in [0.717, 1.165) is 18.6 Å². The summed E-state index contributed by atoms with van der Waals surface area (Å²) in [5.74, 6) is 1.10. The van der Waals surface area contributed by atoms with Crippen LogP contribution in [0.25, 0.3) is 0 Å². The van der Waals surface area contributed by atoms with Crippen molar-refractivity contribution >= 4 is 17.7 Å². The first kappa shape index (κ1) is 11.2. The highest BCUT2D eigenvalue weighted by Crippen LogP contribution is 2.39. The standard InChI is InChI=1S/C10H17NO3S/c1-10(3-2-4-15-10)9(14)11-5-7(12)8(13)6-11/h7-8,12-13H,2-6H2,1H3/t7-,8+,10?. The van der Waals surface area contributed by atoms with Crippen molar-refractivity contribution in [2.24, 2.45) is 0 Å². The Morgan fingerprint density at radius 1 is 1.40 bits per heavy atom. The first-order valence-electron chi connectivity index (χ1n) is 5.32. The normalized spacial score (nSPS) is 41.1. The molecular weight excluding hydrogens is 214 g/mol. The summed E-state index contributed by atoms with van der Waals surface area (Å²) < 4.78 is -0.330. The molecule has 86 valence electrons. The van der Waals surface area contributed by atoms with E-state index in [1.165, 1.54) is 0 Å². The van der Waals surface area contributed by atoms with Crippen molar-refractivity contribution in [3.8, 4) is 0 Å². The highest BCUT2D eigenvalue weighted by molar-refractivity contribution is 8.01. The molecule has 0 radical (unpaired) electrons. The molecule has 0 aromatic carbocycles. The van der Waals surface area contributed by atoms with Gasteiger partial charge in [0.05, 0.1) is 17.0 Å². The smallest absolute Gasteiger partial charge is 0.238 e. The molecule has 2 aliphatic rings. The predicted octanol–water partition coefficient (Wildman–Crippen LogP) is -0.164. The highest BCUT2D eigenvalue weighted by Gasteiger charge is 2.43. The lowest BCUT2D eigenvalue weighted by molar-refractivity contribution is -0.132. The van der Waals surface area contributed by atoms with Crippen LogP contribution in [0.3, 0.4) is 0 Å². The number of carbonyl (C=O) groups is 1. The molecule has 0 aromatic rings. The van der Waals surface area contributed by atoms with Gasteiger partial charge in [-0.1, -0.05) is 0 Å². The monoisotopic (exact) mass is 231 g/mol. The molecule has 5 heteroatoms. The third kappa shape index (κ3) is 2.00. The van der Waals surface area contributed by atoms with Gasteiger partial charge in [-0.2, -0.15) is 0 Å². The maximum atomic E-state index is 12.1. The average molecular weight is 231 g/mol. The molecular formula is C10H17NO3S. The van der Waals surface area contributed by atoms with Gasteiger partial charge in [-0.15, -0.1) is 11.8 Å². The van der Waals surface area contributed by atoms with E-state index in [4.69, 9.17) is 0 Å². The van der Waals surface area contributed by atoms with E-state index in [0.29, 0.717) is 0 Å². The average Bonchev–Trinajstić information content (AvgIpc) is 2.75. The van der Waals surface area contributed by atoms with Crippen LogP contribution >= 0.6 is 11.8 Å². The van der Waals surface area contributed by atoms with E-state index in [1.807, 2.05) is 6.92 Å². The fraction of sp³-hybridized carbons (Fsp3) is 0.900. The Morgan fingerprint density at radius 2 is 2.00 bits per heavy atom. The number of thioether (sulfide) groups is 1. The largest absolute Gasteiger partial charge is 0.388 e. The summed E-state index contributed by atoms with van der Waals surface area (Å²) in [5, 5.41) is 18.8. The molecule has 1 amide bonds. The lowest BCUT2D eigenvalue weighted by Gasteiger charge is -2.27. The Hall–Kier alpha value is -0.260. The zero-order valence-electron chi connectivity index (χ0n) is 8.85. The van der Waals surface area contributed by atoms with Crippen LogP contribution < -0.4 is 0 Å². The Bertz CT molecular complexity index is 255. The van der Waals surface area contributed by atoms with Crippen LogP contribution in [0.5, 0.6) is 0 Å². The molecule has 0 aromatic heterocycles. The van der Waals surface area contributed by atoms with E-state index in [-0.39, 0.29) is 23.7 Å². The number of hydrogen-bond acceptors (Lipinski definition) is 4. The van der Waals surface area contributed by atoms with Crippen molar-refractivity contribution in [3.63, 3.8) is 0 Å². The molecule has 2 saturated heterocycles. The van der Waals surface area contributed by atoms with Crippen LogP contribution in [0.2, 0.25) is 0 Å². The Balaban J connectivity index is 2.02. The number of aliphatic hydroxyl groups is 2. The molecule has 0 aliphatic carbocycles. The summed E-state index contributed by atoms with van der Waals surface area (Å²) in [6.45, 7) is 2.51. The summed E-state index contributed by atoms with van der Waals surface area (Å²) >= 11 is 1.69. The fourth-order valence-corrected chi connectivity index (χ4v) is 3.50. The Labute approximate surface area is 93.6 Å². The molecule has 0 spiro atoms. The Kier molecular flexibility index (Phi) is 2.96. The summed E-state index contributed by atoms with van der Waals surface area (Å²) in [6.07, 6.45) is 0.429. The summed E-state index contributed by atoms with van der Waals surface area (Å²) in [4.78, 5) is 13.7. The number of β-amino-alcohol motifs (C(OH)–C–C–N with tert-alkyl or cyclic N) is 2. The Morgan fingerprint density at radius 3 is 2.47 bits per heavy atom. The van der Waals surface area contributed by atoms with Gasteiger partial charge < -0.3 is 15.1 Å². The van der Waals surface area contributed by atoms with Crippen molar-refractivity contribution in [1.29, 1.82) is 0 Å². The molecule has 2 fully saturated rings. The highest BCUT2D eigenvalue weighted by atomic mass is 32.2. The van der Waals surface area contributed by atoms with E-state index in [2.05, 4.69) is 0 Å². The van der Waals surface area contributed by atoms with Gasteiger partial charge in [0, 0.05) is 13.1 Å². The van der Waals surface area contributed by atoms with Gasteiger partial charge in [0.1, 0.15) is 0 Å². The minimum atomic E-state index is -0.774. The van der Waals surface area contributed by atoms with Crippen LogP contribution in [0.4, 0.5) is 0 Å². The zero-order valence-corrected chi connectivity index (χ0v) is 9.66. The van der Waals surface area contributed by atoms with Crippen molar-refractivity contribution in [2.75, 3.05) is 18.8 Å². The quantitative estimate of drug-likeness (QED) is 0.658. The SMILES string of the molecule is CC1(C(=O)N2C[C@@H](O)[C@@H](O)C2)CCCS1. The van der Waals surface area contributed by atoms with Crippen LogP contribution in [-0.2, 0) is 4.79 Å². The lowest BCUT2D eigenvalue weighted by atomic mass is 10.0. The molecule has 0 bridgehead atoms. The van der Waals surface area contributed by atoms with Gasteiger partial charge >= 0.3 is 0 Å². The molecule has 3 atom stereocenters. The zero-order chi connectivity index (χ0) is 11.1. The van der Waals surface area contributed by atoms with E-state index in [1.54, 1.807) is 16.7 Å². The van der Waals surface area contributed by atoms with E-state index in [9.17, 15) is 15.0 Å². The molecule has 2 heterocycles. The van der Waals surface area contributed by atoms with Crippen LogP contribution in [0.1, 0.15) is 19.8 Å². The topological polar surface area (TPSA) is 60.8 Å². The second kappa shape index (κ2) is 3.96. The number of amides is 1. The van der Waals surface area contributed by atoms with Crippen molar-refractivity contribution in [2.45, 2.75) is 36.7 Å². The molecule has 0 saturated carbocycles. The van der Waals surface area contributed by atoms with Crippen molar-refractivity contribution in [3.05, 3.63) is 0 Å². The summed E-state index contributed by atoms with van der Waals surface area (Å²) in [6, 6.07) is 0.